The van der Waals surface area contributed by atoms with E-state index in [1.807, 2.05) is 13.0 Å². The van der Waals surface area contributed by atoms with Crippen LogP contribution in [0.25, 0.3) is 0 Å². The number of carbonyl (C=O) groups excluding carboxylic acids is 1. The van der Waals surface area contributed by atoms with Gasteiger partial charge in [-0.1, -0.05) is 6.07 Å². The third-order valence-electron chi connectivity index (χ3n) is 3.29. The molecule has 0 aliphatic carbocycles. The van der Waals surface area contributed by atoms with Crippen LogP contribution in [0.4, 0.5) is 16.2 Å². The van der Waals surface area contributed by atoms with Crippen LogP contribution in [0.2, 0.25) is 0 Å². The van der Waals surface area contributed by atoms with Crippen LogP contribution in [0.15, 0.2) is 34.7 Å². The van der Waals surface area contributed by atoms with E-state index in [2.05, 4.69) is 10.6 Å². The monoisotopic (exact) mass is 303 g/mol. The van der Waals surface area contributed by atoms with Crippen LogP contribution in [0, 0.1) is 24.0 Å². The van der Waals surface area contributed by atoms with Crippen molar-refractivity contribution in [1.82, 2.24) is 5.32 Å². The van der Waals surface area contributed by atoms with E-state index in [9.17, 15) is 14.9 Å². The molecule has 0 bridgehead atoms. The van der Waals surface area contributed by atoms with E-state index in [4.69, 9.17) is 4.42 Å². The van der Waals surface area contributed by atoms with E-state index in [0.717, 1.165) is 5.76 Å². The zero-order valence-electron chi connectivity index (χ0n) is 12.5. The molecule has 0 spiro atoms. The van der Waals surface area contributed by atoms with Crippen molar-refractivity contribution in [3.05, 3.63) is 57.5 Å². The van der Waals surface area contributed by atoms with E-state index < -0.39 is 11.0 Å². The molecule has 2 amide bonds. The molecule has 1 heterocycles. The van der Waals surface area contributed by atoms with Gasteiger partial charge in [-0.25, -0.2) is 4.79 Å². The highest BCUT2D eigenvalue weighted by molar-refractivity contribution is 5.90. The summed E-state index contributed by atoms with van der Waals surface area (Å²) in [7, 11) is 0. The molecule has 7 nitrogen and oxygen atoms in total. The molecule has 116 valence electrons. The van der Waals surface area contributed by atoms with Crippen LogP contribution in [0.1, 0.15) is 30.0 Å². The van der Waals surface area contributed by atoms with Gasteiger partial charge in [-0.3, -0.25) is 10.1 Å². The molecule has 2 N–H and O–H groups in total. The van der Waals surface area contributed by atoms with Crippen LogP contribution in [-0.4, -0.2) is 11.0 Å². The summed E-state index contributed by atoms with van der Waals surface area (Å²) >= 11 is 0. The number of aryl methyl sites for hydroxylation is 1. The standard InChI is InChI=1S/C15H17N3O4/c1-9-7-8-14(22-9)11(3)16-15(19)17-12-5-4-6-13(10(12)2)18(20)21/h4-8,11H,1-3H3,(H2,16,17,19). The van der Waals surface area contributed by atoms with Crippen molar-refractivity contribution in [3.63, 3.8) is 0 Å². The number of furan rings is 1. The second kappa shape index (κ2) is 6.30. The average Bonchev–Trinajstić information content (AvgIpc) is 2.87. The van der Waals surface area contributed by atoms with Crippen LogP contribution >= 0.6 is 0 Å². The van der Waals surface area contributed by atoms with E-state index >= 15 is 0 Å². The van der Waals surface area contributed by atoms with Gasteiger partial charge in [0, 0.05) is 6.07 Å². The molecule has 0 fully saturated rings. The number of urea groups is 1. The molecule has 0 radical (unpaired) electrons. The summed E-state index contributed by atoms with van der Waals surface area (Å²) in [6, 6.07) is 7.38. The molecular formula is C15H17N3O4. The quantitative estimate of drug-likeness (QED) is 0.665. The molecule has 2 rings (SSSR count). The van der Waals surface area contributed by atoms with Gasteiger partial charge in [-0.05, 0) is 39.0 Å². The van der Waals surface area contributed by atoms with Crippen LogP contribution in [-0.2, 0) is 0 Å². The number of nitrogens with one attached hydrogen (secondary N) is 2. The van der Waals surface area contributed by atoms with Gasteiger partial charge < -0.3 is 15.1 Å². The first-order valence-electron chi connectivity index (χ1n) is 6.76. The van der Waals surface area contributed by atoms with Crippen LogP contribution < -0.4 is 10.6 Å². The number of nitro groups is 1. The summed E-state index contributed by atoms with van der Waals surface area (Å²) in [5, 5.41) is 16.2. The summed E-state index contributed by atoms with van der Waals surface area (Å²) in [5.74, 6) is 1.40. The molecule has 0 saturated carbocycles. The van der Waals surface area contributed by atoms with Crippen molar-refractivity contribution in [2.45, 2.75) is 26.8 Å². The minimum Gasteiger partial charge on any atom is -0.464 e. The van der Waals surface area contributed by atoms with Gasteiger partial charge in [0.15, 0.2) is 0 Å². The maximum Gasteiger partial charge on any atom is 0.319 e. The second-order valence-electron chi connectivity index (χ2n) is 4.98. The Morgan fingerprint density at radius 1 is 1.27 bits per heavy atom. The Balaban J connectivity index is 2.06. The fraction of sp³-hybridized carbons (Fsp3) is 0.267. The van der Waals surface area contributed by atoms with Crippen LogP contribution in [0.3, 0.4) is 0 Å². The smallest absolute Gasteiger partial charge is 0.319 e. The first kappa shape index (κ1) is 15.6. The Hall–Kier alpha value is -2.83. The van der Waals surface area contributed by atoms with Crippen molar-refractivity contribution in [2.24, 2.45) is 0 Å². The zero-order chi connectivity index (χ0) is 16.3. The van der Waals surface area contributed by atoms with Gasteiger partial charge in [-0.2, -0.15) is 0 Å². The van der Waals surface area contributed by atoms with E-state index in [0.29, 0.717) is 17.0 Å². The Labute approximate surface area is 127 Å². The van der Waals surface area contributed by atoms with Crippen molar-refractivity contribution < 1.29 is 14.1 Å². The topological polar surface area (TPSA) is 97.4 Å². The van der Waals surface area contributed by atoms with E-state index in [1.54, 1.807) is 26.0 Å². The van der Waals surface area contributed by atoms with E-state index in [-0.39, 0.29) is 11.7 Å². The normalized spacial score (nSPS) is 11.8. The molecule has 7 heteroatoms. The largest absolute Gasteiger partial charge is 0.464 e. The lowest BCUT2D eigenvalue weighted by atomic mass is 10.1. The number of hydrogen-bond donors (Lipinski definition) is 2. The molecule has 0 aliphatic heterocycles. The number of carbonyl (C=O) groups is 1. The first-order valence-corrected chi connectivity index (χ1v) is 6.76. The summed E-state index contributed by atoms with van der Waals surface area (Å²) in [6.07, 6.45) is 0. The van der Waals surface area contributed by atoms with Gasteiger partial charge in [0.2, 0.25) is 0 Å². The van der Waals surface area contributed by atoms with Crippen LogP contribution in [0.5, 0.6) is 0 Å². The first-order chi connectivity index (χ1) is 10.4. The molecule has 1 unspecified atom stereocenters. The van der Waals surface area contributed by atoms with Gasteiger partial charge >= 0.3 is 6.03 Å². The lowest BCUT2D eigenvalue weighted by Gasteiger charge is -2.13. The number of hydrogen-bond acceptors (Lipinski definition) is 4. The second-order valence-corrected chi connectivity index (χ2v) is 4.98. The lowest BCUT2D eigenvalue weighted by Crippen LogP contribution is -2.31. The minimum absolute atomic E-state index is 0.0347. The average molecular weight is 303 g/mol. The molecule has 1 aromatic carbocycles. The van der Waals surface area contributed by atoms with Crippen molar-refractivity contribution >= 4 is 17.4 Å². The van der Waals surface area contributed by atoms with Crippen molar-refractivity contribution in [1.29, 1.82) is 0 Å². The Morgan fingerprint density at radius 3 is 2.59 bits per heavy atom. The Kier molecular flexibility index (Phi) is 4.45. The third-order valence-corrected chi connectivity index (χ3v) is 3.29. The number of nitrogens with zero attached hydrogens (tertiary/aromatic N) is 1. The number of benzene rings is 1. The molecule has 0 aliphatic rings. The number of rotatable bonds is 4. The highest BCUT2D eigenvalue weighted by atomic mass is 16.6. The fourth-order valence-electron chi connectivity index (χ4n) is 2.07. The number of nitro benzene ring substituents is 1. The Bertz CT molecular complexity index is 709. The summed E-state index contributed by atoms with van der Waals surface area (Å²) in [5.41, 5.74) is 0.770. The maximum atomic E-state index is 12.0. The van der Waals surface area contributed by atoms with E-state index in [1.165, 1.54) is 12.1 Å². The molecule has 22 heavy (non-hydrogen) atoms. The summed E-state index contributed by atoms with van der Waals surface area (Å²) < 4.78 is 5.44. The molecular weight excluding hydrogens is 286 g/mol. The Morgan fingerprint density at radius 2 is 2.00 bits per heavy atom. The number of amides is 2. The predicted octanol–water partition coefficient (Wildman–Crippen LogP) is 3.69. The summed E-state index contributed by atoms with van der Waals surface area (Å²) in [4.78, 5) is 22.4. The zero-order valence-corrected chi connectivity index (χ0v) is 12.5. The van der Waals surface area contributed by atoms with Gasteiger partial charge in [0.05, 0.1) is 22.2 Å². The maximum absolute atomic E-state index is 12.0. The summed E-state index contributed by atoms with van der Waals surface area (Å²) in [6.45, 7) is 5.20. The van der Waals surface area contributed by atoms with Crippen molar-refractivity contribution in [3.8, 4) is 0 Å². The van der Waals surface area contributed by atoms with Gasteiger partial charge in [0.25, 0.3) is 5.69 Å². The minimum atomic E-state index is -0.479. The highest BCUT2D eigenvalue weighted by Crippen LogP contribution is 2.25. The lowest BCUT2D eigenvalue weighted by molar-refractivity contribution is -0.385. The van der Waals surface area contributed by atoms with Gasteiger partial charge in [0.1, 0.15) is 11.5 Å². The molecule has 1 aromatic heterocycles. The SMILES string of the molecule is Cc1ccc(C(C)NC(=O)Nc2cccc([N+](=O)[O-])c2C)o1. The number of anilines is 1. The van der Waals surface area contributed by atoms with Gasteiger partial charge in [-0.15, -0.1) is 0 Å². The highest BCUT2D eigenvalue weighted by Gasteiger charge is 2.17. The molecule has 1 atom stereocenters. The molecule has 2 aromatic rings. The fourth-order valence-corrected chi connectivity index (χ4v) is 2.07. The predicted molar refractivity (Wildman–Crippen MR) is 81.8 cm³/mol. The van der Waals surface area contributed by atoms with Crippen molar-refractivity contribution in [2.75, 3.05) is 5.32 Å². The third kappa shape index (κ3) is 3.43. The molecule has 0 saturated heterocycles.